The molecule has 5 heteroatoms. The number of rotatable bonds is 3. The third kappa shape index (κ3) is 3.36. The van der Waals surface area contributed by atoms with Gasteiger partial charge in [-0.25, -0.2) is 4.79 Å². The van der Waals surface area contributed by atoms with Crippen LogP contribution in [-0.2, 0) is 0 Å². The summed E-state index contributed by atoms with van der Waals surface area (Å²) in [7, 11) is 0. The summed E-state index contributed by atoms with van der Waals surface area (Å²) in [5.74, 6) is -0.911. The van der Waals surface area contributed by atoms with Crippen LogP contribution in [0.2, 0.25) is 0 Å². The summed E-state index contributed by atoms with van der Waals surface area (Å²) in [5.41, 5.74) is -0.000866. The fourth-order valence-electron chi connectivity index (χ4n) is 2.51. The first-order valence-electron chi connectivity index (χ1n) is 6.70. The van der Waals surface area contributed by atoms with Gasteiger partial charge < -0.3 is 14.8 Å². The summed E-state index contributed by atoms with van der Waals surface area (Å²) in [4.78, 5) is 22.7. The number of hydrogen-bond donors (Lipinski definition) is 2. The van der Waals surface area contributed by atoms with Gasteiger partial charge in [0.15, 0.2) is 5.76 Å². The lowest BCUT2D eigenvalue weighted by molar-refractivity contribution is 0.0695. The van der Waals surface area contributed by atoms with E-state index < -0.39 is 5.97 Å². The molecule has 1 aliphatic rings. The van der Waals surface area contributed by atoms with Crippen LogP contribution >= 0.6 is 0 Å². The molecule has 2 rings (SSSR count). The van der Waals surface area contributed by atoms with Crippen LogP contribution in [0.15, 0.2) is 16.7 Å². The second kappa shape index (κ2) is 5.91. The molecule has 0 bridgehead atoms. The molecule has 104 valence electrons. The zero-order chi connectivity index (χ0) is 13.8. The molecule has 0 aromatic carbocycles. The van der Waals surface area contributed by atoms with Crippen molar-refractivity contribution >= 4 is 11.9 Å². The number of carbonyl (C=O) groups is 2. The van der Waals surface area contributed by atoms with Crippen molar-refractivity contribution in [2.45, 2.75) is 45.1 Å². The molecular weight excluding hydrogens is 246 g/mol. The minimum Gasteiger partial charge on any atom is -0.478 e. The highest BCUT2D eigenvalue weighted by Gasteiger charge is 2.23. The standard InChI is InChI=1S/C14H19NO4/c1-9-5-3-2-4-6-11(9)15-13(16)12-7-10(8-19-12)14(17)18/h7-9,11H,2-6H2,1H3,(H,15,16)(H,17,18). The van der Waals surface area contributed by atoms with Gasteiger partial charge in [0.25, 0.3) is 5.91 Å². The molecule has 0 spiro atoms. The number of hydrogen-bond acceptors (Lipinski definition) is 3. The van der Waals surface area contributed by atoms with Crippen molar-refractivity contribution in [2.24, 2.45) is 5.92 Å². The quantitative estimate of drug-likeness (QED) is 0.823. The average Bonchev–Trinajstić information content (AvgIpc) is 2.78. The van der Waals surface area contributed by atoms with Gasteiger partial charge in [0, 0.05) is 12.1 Å². The molecule has 2 N–H and O–H groups in total. The Morgan fingerprint density at radius 2 is 2.05 bits per heavy atom. The molecule has 0 aliphatic heterocycles. The van der Waals surface area contributed by atoms with E-state index in [9.17, 15) is 9.59 Å². The number of nitrogens with one attached hydrogen (secondary N) is 1. The molecule has 0 saturated heterocycles. The fraction of sp³-hybridized carbons (Fsp3) is 0.571. The van der Waals surface area contributed by atoms with E-state index in [1.54, 1.807) is 0 Å². The van der Waals surface area contributed by atoms with E-state index in [1.165, 1.54) is 18.9 Å². The van der Waals surface area contributed by atoms with E-state index in [1.807, 2.05) is 0 Å². The van der Waals surface area contributed by atoms with Crippen LogP contribution in [0.4, 0.5) is 0 Å². The number of carbonyl (C=O) groups excluding carboxylic acids is 1. The van der Waals surface area contributed by atoms with Gasteiger partial charge in [-0.3, -0.25) is 4.79 Å². The molecule has 1 aromatic rings. The molecule has 1 heterocycles. The van der Waals surface area contributed by atoms with E-state index in [0.29, 0.717) is 5.92 Å². The molecule has 1 amide bonds. The van der Waals surface area contributed by atoms with Crippen molar-refractivity contribution < 1.29 is 19.1 Å². The number of carboxylic acid groups (broad SMARTS) is 1. The first-order chi connectivity index (χ1) is 9.08. The maximum atomic E-state index is 12.0. The Bertz CT molecular complexity index is 466. The van der Waals surface area contributed by atoms with E-state index in [2.05, 4.69) is 12.2 Å². The van der Waals surface area contributed by atoms with Gasteiger partial charge in [-0.15, -0.1) is 0 Å². The lowest BCUT2D eigenvalue weighted by Crippen LogP contribution is -2.38. The van der Waals surface area contributed by atoms with Crippen molar-refractivity contribution in [3.05, 3.63) is 23.7 Å². The Labute approximate surface area is 112 Å². The lowest BCUT2D eigenvalue weighted by atomic mass is 9.97. The number of amides is 1. The third-order valence-electron chi connectivity index (χ3n) is 3.75. The Morgan fingerprint density at radius 3 is 2.74 bits per heavy atom. The van der Waals surface area contributed by atoms with E-state index >= 15 is 0 Å². The van der Waals surface area contributed by atoms with Gasteiger partial charge in [-0.05, 0) is 18.8 Å². The van der Waals surface area contributed by atoms with Crippen molar-refractivity contribution in [1.82, 2.24) is 5.32 Å². The van der Waals surface area contributed by atoms with Gasteiger partial charge in [0.2, 0.25) is 0 Å². The first kappa shape index (κ1) is 13.6. The van der Waals surface area contributed by atoms with Crippen LogP contribution in [0, 0.1) is 5.92 Å². The van der Waals surface area contributed by atoms with E-state index in [4.69, 9.17) is 9.52 Å². The van der Waals surface area contributed by atoms with Crippen LogP contribution in [0.1, 0.15) is 59.9 Å². The molecule has 1 aliphatic carbocycles. The first-order valence-corrected chi connectivity index (χ1v) is 6.70. The average molecular weight is 265 g/mol. The molecule has 5 nitrogen and oxygen atoms in total. The van der Waals surface area contributed by atoms with Crippen LogP contribution < -0.4 is 5.32 Å². The second-order valence-electron chi connectivity index (χ2n) is 5.20. The highest BCUT2D eigenvalue weighted by atomic mass is 16.4. The highest BCUT2D eigenvalue weighted by molar-refractivity contribution is 5.95. The van der Waals surface area contributed by atoms with Gasteiger partial charge in [-0.2, -0.15) is 0 Å². The molecule has 1 aromatic heterocycles. The van der Waals surface area contributed by atoms with Crippen molar-refractivity contribution in [3.8, 4) is 0 Å². The number of furan rings is 1. The third-order valence-corrected chi connectivity index (χ3v) is 3.75. The molecule has 2 atom stereocenters. The van der Waals surface area contributed by atoms with Crippen molar-refractivity contribution in [1.29, 1.82) is 0 Å². The molecular formula is C14H19NO4. The predicted octanol–water partition coefficient (Wildman–Crippen LogP) is 2.68. The van der Waals surface area contributed by atoms with E-state index in [0.717, 1.165) is 25.5 Å². The largest absolute Gasteiger partial charge is 0.478 e. The molecule has 1 saturated carbocycles. The summed E-state index contributed by atoms with van der Waals surface area (Å²) in [6.07, 6.45) is 6.71. The minimum absolute atomic E-state index is 0.000866. The zero-order valence-corrected chi connectivity index (χ0v) is 11.0. The second-order valence-corrected chi connectivity index (χ2v) is 5.20. The smallest absolute Gasteiger partial charge is 0.338 e. The van der Waals surface area contributed by atoms with Crippen LogP contribution in [-0.4, -0.2) is 23.0 Å². The molecule has 1 fully saturated rings. The van der Waals surface area contributed by atoms with Crippen molar-refractivity contribution in [2.75, 3.05) is 0 Å². The molecule has 2 unspecified atom stereocenters. The van der Waals surface area contributed by atoms with Gasteiger partial charge >= 0.3 is 5.97 Å². The SMILES string of the molecule is CC1CCCCCC1NC(=O)c1cc(C(=O)O)co1. The maximum absolute atomic E-state index is 12.0. The maximum Gasteiger partial charge on any atom is 0.338 e. The molecule has 19 heavy (non-hydrogen) atoms. The summed E-state index contributed by atoms with van der Waals surface area (Å²) < 4.78 is 5.00. The van der Waals surface area contributed by atoms with Crippen LogP contribution in [0.25, 0.3) is 0 Å². The normalized spacial score (nSPS) is 23.6. The van der Waals surface area contributed by atoms with Gasteiger partial charge in [0.1, 0.15) is 6.26 Å². The fourth-order valence-corrected chi connectivity index (χ4v) is 2.51. The Kier molecular flexibility index (Phi) is 4.24. The van der Waals surface area contributed by atoms with E-state index in [-0.39, 0.29) is 23.3 Å². The van der Waals surface area contributed by atoms with Crippen molar-refractivity contribution in [3.63, 3.8) is 0 Å². The monoisotopic (exact) mass is 265 g/mol. The topological polar surface area (TPSA) is 79.5 Å². The van der Waals surface area contributed by atoms with Gasteiger partial charge in [0.05, 0.1) is 5.56 Å². The lowest BCUT2D eigenvalue weighted by Gasteiger charge is -2.22. The Morgan fingerprint density at radius 1 is 1.32 bits per heavy atom. The molecule has 0 radical (unpaired) electrons. The predicted molar refractivity (Wildman–Crippen MR) is 69.2 cm³/mol. The highest BCUT2D eigenvalue weighted by Crippen LogP contribution is 2.23. The zero-order valence-electron chi connectivity index (χ0n) is 11.0. The van der Waals surface area contributed by atoms with Crippen LogP contribution in [0.5, 0.6) is 0 Å². The summed E-state index contributed by atoms with van der Waals surface area (Å²) in [6, 6.07) is 1.41. The summed E-state index contributed by atoms with van der Waals surface area (Å²) in [5, 5.41) is 11.7. The minimum atomic E-state index is -1.09. The van der Waals surface area contributed by atoms with Crippen LogP contribution in [0.3, 0.4) is 0 Å². The summed E-state index contributed by atoms with van der Waals surface area (Å²) in [6.45, 7) is 2.14. The van der Waals surface area contributed by atoms with Gasteiger partial charge in [-0.1, -0.05) is 26.2 Å². The number of carboxylic acids is 1. The Hall–Kier alpha value is -1.78. The Balaban J connectivity index is 2.00. The summed E-state index contributed by atoms with van der Waals surface area (Å²) >= 11 is 0. The number of aromatic carboxylic acids is 1.